The Labute approximate surface area is 101 Å². The van der Waals surface area contributed by atoms with Crippen molar-refractivity contribution < 1.29 is 9.64 Å². The molecule has 1 aliphatic rings. The molecular formula is C14H17N2O+. The number of aromatic nitrogens is 1. The number of nitrogens with zero attached hydrogens (tertiary/aromatic N) is 1. The lowest BCUT2D eigenvalue weighted by Gasteiger charge is -2.24. The van der Waals surface area contributed by atoms with Gasteiger partial charge in [-0.15, -0.1) is 0 Å². The molecule has 1 aliphatic heterocycles. The second kappa shape index (κ2) is 4.82. The van der Waals surface area contributed by atoms with Crippen molar-refractivity contribution in [2.75, 3.05) is 26.3 Å². The molecule has 2 aromatic rings. The van der Waals surface area contributed by atoms with E-state index in [0.29, 0.717) is 0 Å². The molecule has 17 heavy (non-hydrogen) atoms. The number of rotatable bonds is 2. The molecular weight excluding hydrogens is 212 g/mol. The summed E-state index contributed by atoms with van der Waals surface area (Å²) in [4.78, 5) is 6.01. The fourth-order valence-electron chi connectivity index (χ4n) is 2.42. The van der Waals surface area contributed by atoms with E-state index in [-0.39, 0.29) is 0 Å². The number of fused-ring (bicyclic) bond motifs is 1. The molecule has 0 amide bonds. The fourth-order valence-corrected chi connectivity index (χ4v) is 2.42. The van der Waals surface area contributed by atoms with Gasteiger partial charge in [-0.05, 0) is 12.1 Å². The Morgan fingerprint density at radius 2 is 1.94 bits per heavy atom. The first kappa shape index (κ1) is 10.7. The molecule has 0 atom stereocenters. The van der Waals surface area contributed by atoms with Crippen LogP contribution in [0.25, 0.3) is 10.9 Å². The number of morpholine rings is 1. The first-order valence-electron chi connectivity index (χ1n) is 6.17. The maximum atomic E-state index is 5.39. The summed E-state index contributed by atoms with van der Waals surface area (Å²) in [7, 11) is 0. The number of pyridine rings is 1. The van der Waals surface area contributed by atoms with Crippen molar-refractivity contribution in [2.45, 2.75) is 6.54 Å². The predicted molar refractivity (Wildman–Crippen MR) is 67.0 cm³/mol. The standard InChI is InChI=1S/C14H16N2O/c1-2-4-14-13(3-1)12(5-6-15-14)11-16-7-9-17-10-8-16/h1-6H,7-11H2/p+1. The van der Waals surface area contributed by atoms with Gasteiger partial charge in [0.25, 0.3) is 0 Å². The molecule has 0 radical (unpaired) electrons. The predicted octanol–water partition coefficient (Wildman–Crippen LogP) is 0.650. The van der Waals surface area contributed by atoms with E-state index in [9.17, 15) is 0 Å². The number of nitrogens with one attached hydrogen (secondary N) is 1. The zero-order valence-electron chi connectivity index (χ0n) is 9.86. The molecule has 1 fully saturated rings. The van der Waals surface area contributed by atoms with Crippen molar-refractivity contribution in [3.63, 3.8) is 0 Å². The maximum absolute atomic E-state index is 5.39. The minimum absolute atomic E-state index is 0.887. The van der Waals surface area contributed by atoms with Crippen LogP contribution < -0.4 is 4.90 Å². The van der Waals surface area contributed by atoms with Gasteiger partial charge in [0, 0.05) is 17.1 Å². The number of hydrogen-bond acceptors (Lipinski definition) is 2. The van der Waals surface area contributed by atoms with Crippen LogP contribution in [0.4, 0.5) is 0 Å². The zero-order chi connectivity index (χ0) is 11.5. The summed E-state index contributed by atoms with van der Waals surface area (Å²) in [6.07, 6.45) is 1.91. The lowest BCUT2D eigenvalue weighted by molar-refractivity contribution is -0.921. The summed E-state index contributed by atoms with van der Waals surface area (Å²) in [5.41, 5.74) is 2.49. The van der Waals surface area contributed by atoms with Gasteiger partial charge in [-0.25, -0.2) is 0 Å². The highest BCUT2D eigenvalue weighted by molar-refractivity contribution is 5.81. The molecule has 0 unspecified atom stereocenters. The smallest absolute Gasteiger partial charge is 0.104 e. The second-order valence-corrected chi connectivity index (χ2v) is 4.53. The van der Waals surface area contributed by atoms with E-state index in [4.69, 9.17) is 4.74 Å². The Kier molecular flexibility index (Phi) is 3.03. The highest BCUT2D eigenvalue weighted by Crippen LogP contribution is 2.15. The largest absolute Gasteiger partial charge is 0.370 e. The van der Waals surface area contributed by atoms with E-state index in [2.05, 4.69) is 29.2 Å². The van der Waals surface area contributed by atoms with Crippen LogP contribution >= 0.6 is 0 Å². The second-order valence-electron chi connectivity index (χ2n) is 4.53. The van der Waals surface area contributed by atoms with E-state index in [1.807, 2.05) is 12.3 Å². The van der Waals surface area contributed by atoms with Gasteiger partial charge in [-0.2, -0.15) is 0 Å². The Bertz CT molecular complexity index is 501. The molecule has 88 valence electrons. The lowest BCUT2D eigenvalue weighted by atomic mass is 10.1. The van der Waals surface area contributed by atoms with Crippen LogP contribution in [0.15, 0.2) is 36.5 Å². The van der Waals surface area contributed by atoms with E-state index in [1.165, 1.54) is 10.9 Å². The van der Waals surface area contributed by atoms with Crippen LogP contribution in [-0.2, 0) is 11.3 Å². The van der Waals surface area contributed by atoms with Crippen LogP contribution in [0.3, 0.4) is 0 Å². The van der Waals surface area contributed by atoms with Crippen molar-refractivity contribution in [1.29, 1.82) is 0 Å². The van der Waals surface area contributed by atoms with E-state index in [1.54, 1.807) is 4.90 Å². The van der Waals surface area contributed by atoms with Gasteiger partial charge in [0.2, 0.25) is 0 Å². The Hall–Kier alpha value is -1.45. The number of benzene rings is 1. The third-order valence-electron chi connectivity index (χ3n) is 3.38. The first-order chi connectivity index (χ1) is 8.43. The summed E-state index contributed by atoms with van der Waals surface area (Å²) >= 11 is 0. The average Bonchev–Trinajstić information content (AvgIpc) is 2.40. The molecule has 1 N–H and O–H groups in total. The third kappa shape index (κ3) is 2.30. The molecule has 0 bridgehead atoms. The van der Waals surface area contributed by atoms with Crippen molar-refractivity contribution in [1.82, 2.24) is 4.98 Å². The molecule has 2 heterocycles. The van der Waals surface area contributed by atoms with Crippen LogP contribution in [0.5, 0.6) is 0 Å². The molecule has 0 spiro atoms. The van der Waals surface area contributed by atoms with Crippen molar-refractivity contribution in [3.05, 3.63) is 42.1 Å². The van der Waals surface area contributed by atoms with Gasteiger partial charge in [0.15, 0.2) is 0 Å². The van der Waals surface area contributed by atoms with Gasteiger partial charge in [-0.1, -0.05) is 18.2 Å². The maximum Gasteiger partial charge on any atom is 0.104 e. The molecule has 3 heteroatoms. The molecule has 1 aromatic heterocycles. The van der Waals surface area contributed by atoms with Gasteiger partial charge in [-0.3, -0.25) is 4.98 Å². The Morgan fingerprint density at radius 3 is 2.82 bits per heavy atom. The number of para-hydroxylation sites is 1. The summed E-state index contributed by atoms with van der Waals surface area (Å²) < 4.78 is 5.39. The Balaban J connectivity index is 1.89. The van der Waals surface area contributed by atoms with Crippen LogP contribution in [0.2, 0.25) is 0 Å². The van der Waals surface area contributed by atoms with Crippen molar-refractivity contribution >= 4 is 10.9 Å². The topological polar surface area (TPSA) is 26.6 Å². The summed E-state index contributed by atoms with van der Waals surface area (Å²) in [6.45, 7) is 5.07. The summed E-state index contributed by atoms with van der Waals surface area (Å²) in [5.74, 6) is 0. The van der Waals surface area contributed by atoms with E-state index >= 15 is 0 Å². The van der Waals surface area contributed by atoms with Crippen LogP contribution in [0, 0.1) is 0 Å². The van der Waals surface area contributed by atoms with Gasteiger partial charge >= 0.3 is 0 Å². The number of quaternary nitrogens is 1. The van der Waals surface area contributed by atoms with E-state index < -0.39 is 0 Å². The molecule has 1 aromatic carbocycles. The van der Waals surface area contributed by atoms with Crippen molar-refractivity contribution in [2.24, 2.45) is 0 Å². The van der Waals surface area contributed by atoms with Gasteiger partial charge in [0.05, 0.1) is 18.7 Å². The average molecular weight is 229 g/mol. The first-order valence-corrected chi connectivity index (χ1v) is 6.17. The Morgan fingerprint density at radius 1 is 1.12 bits per heavy atom. The fraction of sp³-hybridized carbons (Fsp3) is 0.357. The molecule has 3 rings (SSSR count). The highest BCUT2D eigenvalue weighted by atomic mass is 16.5. The molecule has 3 nitrogen and oxygen atoms in total. The lowest BCUT2D eigenvalue weighted by Crippen LogP contribution is -3.12. The number of ether oxygens (including phenoxy) is 1. The number of hydrogen-bond donors (Lipinski definition) is 1. The molecule has 1 saturated heterocycles. The van der Waals surface area contributed by atoms with E-state index in [0.717, 1.165) is 38.4 Å². The minimum atomic E-state index is 0.887. The molecule has 0 aliphatic carbocycles. The zero-order valence-corrected chi connectivity index (χ0v) is 9.86. The minimum Gasteiger partial charge on any atom is -0.370 e. The summed E-state index contributed by atoms with van der Waals surface area (Å²) in [5, 5.41) is 1.29. The normalized spacial score (nSPS) is 17.4. The molecule has 0 saturated carbocycles. The van der Waals surface area contributed by atoms with Crippen molar-refractivity contribution in [3.8, 4) is 0 Å². The highest BCUT2D eigenvalue weighted by Gasteiger charge is 2.15. The summed E-state index contributed by atoms with van der Waals surface area (Å²) in [6, 6.07) is 10.5. The SMILES string of the molecule is c1ccc2c(C[NH+]3CCOCC3)ccnc2c1. The third-order valence-corrected chi connectivity index (χ3v) is 3.38. The van der Waals surface area contributed by atoms with Gasteiger partial charge < -0.3 is 9.64 Å². The van der Waals surface area contributed by atoms with Gasteiger partial charge in [0.1, 0.15) is 19.6 Å². The monoisotopic (exact) mass is 229 g/mol. The van der Waals surface area contributed by atoms with Crippen LogP contribution in [0.1, 0.15) is 5.56 Å². The quantitative estimate of drug-likeness (QED) is 0.818. The van der Waals surface area contributed by atoms with Crippen LogP contribution in [-0.4, -0.2) is 31.3 Å².